The van der Waals surface area contributed by atoms with Crippen molar-refractivity contribution in [1.29, 1.82) is 0 Å². The van der Waals surface area contributed by atoms with Gasteiger partial charge in [0.15, 0.2) is 0 Å². The van der Waals surface area contributed by atoms with Crippen molar-refractivity contribution in [3.05, 3.63) is 0 Å². The van der Waals surface area contributed by atoms with Crippen LogP contribution in [0.25, 0.3) is 0 Å². The molecule has 1 nitrogen and oxygen atoms in total. The van der Waals surface area contributed by atoms with E-state index in [4.69, 9.17) is 5.73 Å². The van der Waals surface area contributed by atoms with E-state index in [-0.39, 0.29) is 5.54 Å². The number of rotatable bonds is 2. The second-order valence-electron chi connectivity index (χ2n) is 7.10. The van der Waals surface area contributed by atoms with Crippen LogP contribution in [-0.2, 0) is 0 Å². The molecule has 0 heterocycles. The Balaban J connectivity index is 2.48. The highest BCUT2D eigenvalue weighted by molar-refractivity contribution is 4.92. The molecule has 0 unspecified atom stereocenters. The first-order valence-corrected chi connectivity index (χ1v) is 6.52. The van der Waals surface area contributed by atoms with Crippen LogP contribution in [0.15, 0.2) is 0 Å². The highest BCUT2D eigenvalue weighted by Gasteiger charge is 2.36. The molecule has 90 valence electrons. The molecule has 1 heteroatoms. The molecule has 0 aromatic heterocycles. The van der Waals surface area contributed by atoms with E-state index in [2.05, 4.69) is 34.6 Å². The summed E-state index contributed by atoms with van der Waals surface area (Å²) in [7, 11) is 0. The smallest absolute Gasteiger partial charge is 0.0157 e. The highest BCUT2D eigenvalue weighted by atomic mass is 14.7. The van der Waals surface area contributed by atoms with Crippen molar-refractivity contribution in [1.82, 2.24) is 0 Å². The molecular weight excluding hydrogens is 182 g/mol. The lowest BCUT2D eigenvalue weighted by molar-refractivity contribution is 0.123. The molecule has 1 rings (SSSR count). The van der Waals surface area contributed by atoms with Gasteiger partial charge in [0, 0.05) is 5.54 Å². The summed E-state index contributed by atoms with van der Waals surface area (Å²) in [5.74, 6) is 1.61. The molecule has 0 amide bonds. The monoisotopic (exact) mass is 211 g/mol. The quantitative estimate of drug-likeness (QED) is 0.735. The largest absolute Gasteiger partial charge is 0.325 e. The summed E-state index contributed by atoms with van der Waals surface area (Å²) in [4.78, 5) is 0. The van der Waals surface area contributed by atoms with Gasteiger partial charge >= 0.3 is 0 Å². The maximum absolute atomic E-state index is 6.47. The maximum atomic E-state index is 6.47. The Kier molecular flexibility index (Phi) is 3.86. The minimum atomic E-state index is 0.149. The highest BCUT2D eigenvalue weighted by Crippen LogP contribution is 2.42. The van der Waals surface area contributed by atoms with Gasteiger partial charge in [-0.15, -0.1) is 0 Å². The van der Waals surface area contributed by atoms with Crippen molar-refractivity contribution >= 4 is 0 Å². The van der Waals surface area contributed by atoms with Crippen LogP contribution in [0.4, 0.5) is 0 Å². The van der Waals surface area contributed by atoms with Gasteiger partial charge in [-0.05, 0) is 49.4 Å². The number of nitrogens with two attached hydrogens (primary N) is 1. The fourth-order valence-corrected chi connectivity index (χ4v) is 3.08. The van der Waals surface area contributed by atoms with Crippen molar-refractivity contribution in [3.63, 3.8) is 0 Å². The summed E-state index contributed by atoms with van der Waals surface area (Å²) < 4.78 is 0. The molecule has 1 aliphatic carbocycles. The van der Waals surface area contributed by atoms with E-state index in [1.807, 2.05) is 0 Å². The van der Waals surface area contributed by atoms with Crippen molar-refractivity contribution in [2.45, 2.75) is 72.3 Å². The van der Waals surface area contributed by atoms with E-state index in [1.54, 1.807) is 0 Å². The molecule has 0 radical (unpaired) electrons. The standard InChI is InChI=1S/C14H29N/c1-11(2)10-14(15)8-6-12(7-9-14)13(3,4)5/h11-12H,6-10,15H2,1-5H3. The SMILES string of the molecule is CC(C)CC1(N)CCC(C(C)(C)C)CC1. The number of hydrogen-bond acceptors (Lipinski definition) is 1. The van der Waals surface area contributed by atoms with Crippen LogP contribution in [-0.4, -0.2) is 5.54 Å². The zero-order valence-electron chi connectivity index (χ0n) is 11.3. The zero-order valence-corrected chi connectivity index (χ0v) is 11.3. The Bertz CT molecular complexity index is 192. The second kappa shape index (κ2) is 4.45. The Morgan fingerprint density at radius 3 is 2.00 bits per heavy atom. The van der Waals surface area contributed by atoms with Gasteiger partial charge in [0.25, 0.3) is 0 Å². The Labute approximate surface area is 95.8 Å². The normalized spacial score (nSPS) is 33.4. The third-order valence-corrected chi connectivity index (χ3v) is 4.02. The maximum Gasteiger partial charge on any atom is 0.0157 e. The zero-order chi connectivity index (χ0) is 11.7. The van der Waals surface area contributed by atoms with E-state index < -0.39 is 0 Å². The lowest BCUT2D eigenvalue weighted by Crippen LogP contribution is -2.45. The molecule has 1 aliphatic rings. The van der Waals surface area contributed by atoms with Crippen molar-refractivity contribution in [3.8, 4) is 0 Å². The summed E-state index contributed by atoms with van der Waals surface area (Å²) in [6.45, 7) is 11.7. The van der Waals surface area contributed by atoms with Crippen LogP contribution >= 0.6 is 0 Å². The molecule has 15 heavy (non-hydrogen) atoms. The summed E-state index contributed by atoms with van der Waals surface area (Å²) in [5, 5.41) is 0. The topological polar surface area (TPSA) is 26.0 Å². The van der Waals surface area contributed by atoms with Crippen LogP contribution in [0.2, 0.25) is 0 Å². The van der Waals surface area contributed by atoms with Crippen molar-refractivity contribution < 1.29 is 0 Å². The van der Waals surface area contributed by atoms with E-state index in [9.17, 15) is 0 Å². The number of hydrogen-bond donors (Lipinski definition) is 1. The average molecular weight is 211 g/mol. The molecule has 0 bridgehead atoms. The van der Waals surface area contributed by atoms with Crippen LogP contribution in [0.1, 0.15) is 66.7 Å². The van der Waals surface area contributed by atoms with E-state index in [1.165, 1.54) is 32.1 Å². The third-order valence-electron chi connectivity index (χ3n) is 4.02. The molecule has 1 saturated carbocycles. The lowest BCUT2D eigenvalue weighted by Gasteiger charge is -2.43. The van der Waals surface area contributed by atoms with Gasteiger partial charge < -0.3 is 5.73 Å². The Morgan fingerprint density at radius 1 is 1.20 bits per heavy atom. The first-order valence-electron chi connectivity index (χ1n) is 6.52. The molecule has 0 spiro atoms. The molecule has 1 fully saturated rings. The van der Waals surface area contributed by atoms with Crippen LogP contribution in [0, 0.1) is 17.3 Å². The van der Waals surface area contributed by atoms with E-state index in [0.29, 0.717) is 5.41 Å². The van der Waals surface area contributed by atoms with E-state index in [0.717, 1.165) is 11.8 Å². The van der Waals surface area contributed by atoms with Gasteiger partial charge in [-0.3, -0.25) is 0 Å². The molecule has 0 aliphatic heterocycles. The van der Waals surface area contributed by atoms with Gasteiger partial charge in [-0.25, -0.2) is 0 Å². The van der Waals surface area contributed by atoms with Gasteiger partial charge in [-0.2, -0.15) is 0 Å². The molecule has 2 N–H and O–H groups in total. The molecule has 0 aromatic rings. The third kappa shape index (κ3) is 3.79. The predicted octanol–water partition coefficient (Wildman–Crippen LogP) is 3.97. The second-order valence-corrected chi connectivity index (χ2v) is 7.10. The Hall–Kier alpha value is -0.0400. The molecule has 0 atom stereocenters. The molecule has 0 saturated heterocycles. The summed E-state index contributed by atoms with van der Waals surface area (Å²) in [6, 6.07) is 0. The first kappa shape index (κ1) is 13.0. The summed E-state index contributed by atoms with van der Waals surface area (Å²) in [5.41, 5.74) is 7.09. The molecular formula is C14H29N. The van der Waals surface area contributed by atoms with Crippen molar-refractivity contribution in [2.24, 2.45) is 23.0 Å². The van der Waals surface area contributed by atoms with Crippen LogP contribution in [0.3, 0.4) is 0 Å². The minimum absolute atomic E-state index is 0.149. The summed E-state index contributed by atoms with van der Waals surface area (Å²) >= 11 is 0. The minimum Gasteiger partial charge on any atom is -0.325 e. The fraction of sp³-hybridized carbons (Fsp3) is 1.00. The first-order chi connectivity index (χ1) is 6.73. The van der Waals surface area contributed by atoms with Gasteiger partial charge in [0.05, 0.1) is 0 Å². The Morgan fingerprint density at radius 2 is 1.67 bits per heavy atom. The molecule has 0 aromatic carbocycles. The van der Waals surface area contributed by atoms with Gasteiger partial charge in [0.2, 0.25) is 0 Å². The van der Waals surface area contributed by atoms with E-state index >= 15 is 0 Å². The van der Waals surface area contributed by atoms with Crippen LogP contribution in [0.5, 0.6) is 0 Å². The summed E-state index contributed by atoms with van der Waals surface area (Å²) in [6.07, 6.45) is 6.31. The van der Waals surface area contributed by atoms with Crippen molar-refractivity contribution in [2.75, 3.05) is 0 Å². The lowest BCUT2D eigenvalue weighted by atomic mass is 9.66. The predicted molar refractivity (Wildman–Crippen MR) is 67.8 cm³/mol. The van der Waals surface area contributed by atoms with Crippen LogP contribution < -0.4 is 5.73 Å². The van der Waals surface area contributed by atoms with Gasteiger partial charge in [0.1, 0.15) is 0 Å². The average Bonchev–Trinajstić information content (AvgIpc) is 2.00. The fourth-order valence-electron chi connectivity index (χ4n) is 3.08. The van der Waals surface area contributed by atoms with Gasteiger partial charge in [-0.1, -0.05) is 34.6 Å².